The second-order valence-electron chi connectivity index (χ2n) is 5.08. The molecular formula is C15H16BrN3. The number of rotatable bonds is 4. The summed E-state index contributed by atoms with van der Waals surface area (Å²) in [7, 11) is 0. The molecule has 2 aromatic rings. The van der Waals surface area contributed by atoms with Crippen molar-refractivity contribution in [1.29, 1.82) is 0 Å². The smallest absolute Gasteiger partial charge is 0.144 e. The molecule has 0 atom stereocenters. The van der Waals surface area contributed by atoms with Gasteiger partial charge < -0.3 is 5.32 Å². The fraction of sp³-hybridized carbons (Fsp3) is 0.333. The number of anilines is 1. The van der Waals surface area contributed by atoms with E-state index >= 15 is 0 Å². The molecular weight excluding hydrogens is 302 g/mol. The minimum Gasteiger partial charge on any atom is -0.368 e. The molecule has 1 aliphatic carbocycles. The summed E-state index contributed by atoms with van der Waals surface area (Å²) in [5.74, 6) is 0.853. The van der Waals surface area contributed by atoms with E-state index in [9.17, 15) is 0 Å². The van der Waals surface area contributed by atoms with Crippen LogP contribution in [0.3, 0.4) is 0 Å². The third-order valence-electron chi connectivity index (χ3n) is 3.94. The molecule has 98 valence electrons. The Morgan fingerprint density at radius 1 is 1.16 bits per heavy atom. The van der Waals surface area contributed by atoms with E-state index in [0.717, 1.165) is 16.8 Å². The Kier molecular flexibility index (Phi) is 3.51. The highest BCUT2D eigenvalue weighted by molar-refractivity contribution is 9.10. The van der Waals surface area contributed by atoms with Gasteiger partial charge in [-0.1, -0.05) is 34.5 Å². The van der Waals surface area contributed by atoms with Gasteiger partial charge in [-0.15, -0.1) is 0 Å². The van der Waals surface area contributed by atoms with Gasteiger partial charge in [0.15, 0.2) is 0 Å². The molecule has 1 heterocycles. The third kappa shape index (κ3) is 2.63. The Bertz CT molecular complexity index is 535. The summed E-state index contributed by atoms with van der Waals surface area (Å²) >= 11 is 3.49. The van der Waals surface area contributed by atoms with Crippen molar-refractivity contribution in [3.8, 4) is 0 Å². The first kappa shape index (κ1) is 12.6. The van der Waals surface area contributed by atoms with Crippen LogP contribution >= 0.6 is 15.9 Å². The van der Waals surface area contributed by atoms with Crippen molar-refractivity contribution < 1.29 is 0 Å². The molecule has 4 heteroatoms. The van der Waals surface area contributed by atoms with Crippen molar-refractivity contribution in [2.45, 2.75) is 24.7 Å². The normalized spacial score (nSPS) is 16.7. The van der Waals surface area contributed by atoms with Gasteiger partial charge in [-0.05, 0) is 30.5 Å². The van der Waals surface area contributed by atoms with E-state index in [1.165, 1.54) is 24.8 Å². The molecule has 19 heavy (non-hydrogen) atoms. The summed E-state index contributed by atoms with van der Waals surface area (Å²) in [6.45, 7) is 0.924. The standard InChI is InChI=1S/C15H16BrN3/c16-13-4-2-12(3-5-13)15(6-1-7-15)11-19-14-10-17-8-9-18-14/h2-5,8-10H,1,6-7,11H2,(H,18,19). The van der Waals surface area contributed by atoms with Crippen molar-refractivity contribution in [3.05, 3.63) is 52.9 Å². The Balaban J connectivity index is 1.74. The molecule has 1 N–H and O–H groups in total. The Labute approximate surface area is 121 Å². The molecule has 0 saturated heterocycles. The summed E-state index contributed by atoms with van der Waals surface area (Å²) in [6, 6.07) is 8.69. The summed E-state index contributed by atoms with van der Waals surface area (Å²) in [6.07, 6.45) is 8.96. The van der Waals surface area contributed by atoms with Gasteiger partial charge in [0.25, 0.3) is 0 Å². The number of nitrogens with zero attached hydrogens (tertiary/aromatic N) is 2. The van der Waals surface area contributed by atoms with E-state index in [0.29, 0.717) is 0 Å². The van der Waals surface area contributed by atoms with Gasteiger partial charge in [-0.25, -0.2) is 4.98 Å². The number of halogens is 1. The Hall–Kier alpha value is -1.42. The average molecular weight is 318 g/mol. The molecule has 0 unspecified atom stereocenters. The summed E-state index contributed by atoms with van der Waals surface area (Å²) < 4.78 is 1.13. The molecule has 1 aromatic heterocycles. The van der Waals surface area contributed by atoms with Crippen LogP contribution in [0.25, 0.3) is 0 Å². The van der Waals surface area contributed by atoms with Crippen LogP contribution in [0.15, 0.2) is 47.3 Å². The van der Waals surface area contributed by atoms with Gasteiger partial charge in [-0.2, -0.15) is 0 Å². The number of nitrogens with one attached hydrogen (secondary N) is 1. The first-order chi connectivity index (χ1) is 9.28. The molecule has 0 aliphatic heterocycles. The minimum atomic E-state index is 0.262. The highest BCUT2D eigenvalue weighted by atomic mass is 79.9. The van der Waals surface area contributed by atoms with Crippen LogP contribution in [-0.2, 0) is 5.41 Å². The van der Waals surface area contributed by atoms with Crippen molar-refractivity contribution in [2.24, 2.45) is 0 Å². The number of aromatic nitrogens is 2. The molecule has 1 fully saturated rings. The molecule has 0 bridgehead atoms. The molecule has 0 spiro atoms. The van der Waals surface area contributed by atoms with Crippen molar-refractivity contribution >= 4 is 21.7 Å². The monoisotopic (exact) mass is 317 g/mol. The van der Waals surface area contributed by atoms with Crippen LogP contribution in [0.5, 0.6) is 0 Å². The van der Waals surface area contributed by atoms with Crippen LogP contribution in [0.2, 0.25) is 0 Å². The van der Waals surface area contributed by atoms with Gasteiger partial charge in [0.1, 0.15) is 5.82 Å². The maximum atomic E-state index is 4.27. The van der Waals surface area contributed by atoms with Crippen LogP contribution in [0.4, 0.5) is 5.82 Å². The van der Waals surface area contributed by atoms with Crippen LogP contribution in [-0.4, -0.2) is 16.5 Å². The first-order valence-corrected chi connectivity index (χ1v) is 7.34. The first-order valence-electron chi connectivity index (χ1n) is 6.54. The second-order valence-corrected chi connectivity index (χ2v) is 6.00. The third-order valence-corrected chi connectivity index (χ3v) is 4.47. The molecule has 1 saturated carbocycles. The van der Waals surface area contributed by atoms with E-state index in [2.05, 4.69) is 55.5 Å². The largest absolute Gasteiger partial charge is 0.368 e. The number of benzene rings is 1. The van der Waals surface area contributed by atoms with Crippen LogP contribution in [0.1, 0.15) is 24.8 Å². The lowest BCUT2D eigenvalue weighted by Gasteiger charge is -2.42. The lowest BCUT2D eigenvalue weighted by Crippen LogP contribution is -2.41. The van der Waals surface area contributed by atoms with Crippen LogP contribution < -0.4 is 5.32 Å². The van der Waals surface area contributed by atoms with Gasteiger partial charge in [0.2, 0.25) is 0 Å². The fourth-order valence-electron chi connectivity index (χ4n) is 2.62. The van der Waals surface area contributed by atoms with E-state index in [1.54, 1.807) is 18.6 Å². The van der Waals surface area contributed by atoms with Crippen LogP contribution in [0, 0.1) is 0 Å². The topological polar surface area (TPSA) is 37.8 Å². The lowest BCUT2D eigenvalue weighted by atomic mass is 9.64. The van der Waals surface area contributed by atoms with Gasteiger partial charge in [-0.3, -0.25) is 4.98 Å². The quantitative estimate of drug-likeness (QED) is 0.932. The maximum Gasteiger partial charge on any atom is 0.144 e. The fourth-order valence-corrected chi connectivity index (χ4v) is 2.89. The number of hydrogen-bond acceptors (Lipinski definition) is 3. The Morgan fingerprint density at radius 3 is 2.53 bits per heavy atom. The summed E-state index contributed by atoms with van der Waals surface area (Å²) in [5.41, 5.74) is 1.68. The molecule has 0 radical (unpaired) electrons. The molecule has 3 rings (SSSR count). The summed E-state index contributed by atoms with van der Waals surface area (Å²) in [5, 5.41) is 3.42. The van der Waals surface area contributed by atoms with E-state index in [4.69, 9.17) is 0 Å². The minimum absolute atomic E-state index is 0.262. The molecule has 1 aromatic carbocycles. The number of hydrogen-bond donors (Lipinski definition) is 1. The van der Waals surface area contributed by atoms with Crippen molar-refractivity contribution in [1.82, 2.24) is 9.97 Å². The van der Waals surface area contributed by atoms with Gasteiger partial charge >= 0.3 is 0 Å². The molecule has 1 aliphatic rings. The SMILES string of the molecule is Brc1ccc(C2(CNc3cnccn3)CCC2)cc1. The van der Waals surface area contributed by atoms with Crippen molar-refractivity contribution in [3.63, 3.8) is 0 Å². The summed E-state index contributed by atoms with van der Waals surface area (Å²) in [4.78, 5) is 8.35. The zero-order chi connectivity index (χ0) is 13.1. The molecule has 0 amide bonds. The van der Waals surface area contributed by atoms with Crippen molar-refractivity contribution in [2.75, 3.05) is 11.9 Å². The predicted molar refractivity (Wildman–Crippen MR) is 80.2 cm³/mol. The van der Waals surface area contributed by atoms with E-state index in [1.807, 2.05) is 0 Å². The average Bonchev–Trinajstić information content (AvgIpc) is 2.41. The lowest BCUT2D eigenvalue weighted by molar-refractivity contribution is 0.260. The van der Waals surface area contributed by atoms with Gasteiger partial charge in [0.05, 0.1) is 6.20 Å². The highest BCUT2D eigenvalue weighted by Crippen LogP contribution is 2.43. The second kappa shape index (κ2) is 5.29. The van der Waals surface area contributed by atoms with E-state index in [-0.39, 0.29) is 5.41 Å². The Morgan fingerprint density at radius 2 is 1.95 bits per heavy atom. The zero-order valence-electron chi connectivity index (χ0n) is 10.6. The molecule has 3 nitrogen and oxygen atoms in total. The predicted octanol–water partition coefficient (Wildman–Crippen LogP) is 3.77. The maximum absolute atomic E-state index is 4.27. The highest BCUT2D eigenvalue weighted by Gasteiger charge is 2.38. The van der Waals surface area contributed by atoms with E-state index < -0.39 is 0 Å². The van der Waals surface area contributed by atoms with Gasteiger partial charge in [0, 0.05) is 28.8 Å². The zero-order valence-corrected chi connectivity index (χ0v) is 12.2.